The second-order valence-electron chi connectivity index (χ2n) is 7.16. The number of morpholine rings is 1. The number of halogens is 3. The molecule has 4 rings (SSSR count). The van der Waals surface area contributed by atoms with Gasteiger partial charge in [-0.2, -0.15) is 18.2 Å². The Morgan fingerprint density at radius 2 is 1.97 bits per heavy atom. The Morgan fingerprint density at radius 3 is 2.72 bits per heavy atom. The van der Waals surface area contributed by atoms with E-state index in [1.165, 1.54) is 24.7 Å². The fourth-order valence-electron chi connectivity index (χ4n) is 3.24. The number of nitrogens with zero attached hydrogens (tertiary/aromatic N) is 5. The highest BCUT2D eigenvalue weighted by molar-refractivity contribution is 5.77. The predicted octanol–water partition coefficient (Wildman–Crippen LogP) is 1.36. The van der Waals surface area contributed by atoms with Crippen molar-refractivity contribution >= 4 is 22.9 Å². The molecule has 0 unspecified atom stereocenters. The summed E-state index contributed by atoms with van der Waals surface area (Å²) in [6, 6.07) is 4.67. The van der Waals surface area contributed by atoms with Crippen molar-refractivity contribution in [1.82, 2.24) is 24.8 Å². The van der Waals surface area contributed by atoms with Crippen molar-refractivity contribution in [2.75, 3.05) is 31.2 Å². The Labute approximate surface area is 179 Å². The average molecular weight is 448 g/mol. The van der Waals surface area contributed by atoms with E-state index < -0.39 is 23.2 Å². The molecule has 0 bridgehead atoms. The lowest BCUT2D eigenvalue weighted by Crippen LogP contribution is -2.37. The van der Waals surface area contributed by atoms with Crippen LogP contribution in [0.4, 0.5) is 19.1 Å². The Hall–Kier alpha value is -3.54. The van der Waals surface area contributed by atoms with Gasteiger partial charge in [0, 0.05) is 25.8 Å². The number of amides is 1. The number of nitrogens with one attached hydrogen (secondary N) is 1. The number of benzene rings is 1. The van der Waals surface area contributed by atoms with Crippen LogP contribution in [0.15, 0.2) is 41.6 Å². The maximum atomic E-state index is 12.8. The van der Waals surface area contributed by atoms with Gasteiger partial charge in [-0.1, -0.05) is 12.1 Å². The molecule has 1 saturated heterocycles. The molecule has 0 radical (unpaired) electrons. The molecule has 1 fully saturated rings. The van der Waals surface area contributed by atoms with E-state index in [1.54, 1.807) is 0 Å². The first-order valence-electron chi connectivity index (χ1n) is 9.79. The third-order valence-electron chi connectivity index (χ3n) is 4.92. The van der Waals surface area contributed by atoms with Gasteiger partial charge in [-0.3, -0.25) is 14.2 Å². The smallest absolute Gasteiger partial charge is 0.378 e. The molecule has 1 aliphatic rings. The van der Waals surface area contributed by atoms with Crippen LogP contribution in [0.25, 0.3) is 11.0 Å². The van der Waals surface area contributed by atoms with Crippen molar-refractivity contribution in [2.24, 2.45) is 0 Å². The van der Waals surface area contributed by atoms with Crippen LogP contribution in [0.3, 0.4) is 0 Å². The van der Waals surface area contributed by atoms with Gasteiger partial charge in [0.1, 0.15) is 18.3 Å². The summed E-state index contributed by atoms with van der Waals surface area (Å²) in [5, 5.41) is 2.67. The number of aromatic nitrogens is 4. The number of ether oxygens (including phenoxy) is 1. The number of alkyl halides is 3. The average Bonchev–Trinajstić information content (AvgIpc) is 2.79. The summed E-state index contributed by atoms with van der Waals surface area (Å²) in [6.07, 6.45) is -1.88. The second kappa shape index (κ2) is 8.91. The molecule has 1 aliphatic heterocycles. The minimum absolute atomic E-state index is 0.107. The van der Waals surface area contributed by atoms with Crippen LogP contribution in [-0.2, 0) is 28.8 Å². The fraction of sp³-hybridized carbons (Fsp3) is 0.350. The van der Waals surface area contributed by atoms with E-state index in [-0.39, 0.29) is 24.1 Å². The summed E-state index contributed by atoms with van der Waals surface area (Å²) in [5.41, 5.74) is -0.776. The van der Waals surface area contributed by atoms with Gasteiger partial charge in [-0.15, -0.1) is 0 Å². The minimum Gasteiger partial charge on any atom is -0.378 e. The van der Waals surface area contributed by atoms with Crippen LogP contribution in [0.2, 0.25) is 0 Å². The third-order valence-corrected chi connectivity index (χ3v) is 4.92. The van der Waals surface area contributed by atoms with E-state index in [2.05, 4.69) is 20.3 Å². The molecule has 3 aromatic rings. The van der Waals surface area contributed by atoms with Crippen molar-refractivity contribution in [3.63, 3.8) is 0 Å². The summed E-state index contributed by atoms with van der Waals surface area (Å²) in [5.74, 6) is -0.0965. The molecule has 168 valence electrons. The highest BCUT2D eigenvalue weighted by Gasteiger charge is 2.30. The highest BCUT2D eigenvalue weighted by Crippen LogP contribution is 2.29. The lowest BCUT2D eigenvalue weighted by Gasteiger charge is -2.26. The van der Waals surface area contributed by atoms with Crippen LogP contribution in [0, 0.1) is 0 Å². The van der Waals surface area contributed by atoms with Crippen molar-refractivity contribution in [3.05, 3.63) is 58.3 Å². The molecule has 1 N–H and O–H groups in total. The van der Waals surface area contributed by atoms with Gasteiger partial charge in [0.2, 0.25) is 11.9 Å². The number of hydrogen-bond donors (Lipinski definition) is 1. The summed E-state index contributed by atoms with van der Waals surface area (Å²) in [7, 11) is 0. The number of hydrogen-bond acceptors (Lipinski definition) is 7. The third kappa shape index (κ3) is 4.85. The Kier molecular flexibility index (Phi) is 6.04. The number of fused-ring (bicyclic) bond motifs is 1. The van der Waals surface area contributed by atoms with E-state index in [9.17, 15) is 22.8 Å². The zero-order valence-electron chi connectivity index (χ0n) is 16.8. The lowest BCUT2D eigenvalue weighted by atomic mass is 10.1. The molecule has 32 heavy (non-hydrogen) atoms. The quantitative estimate of drug-likeness (QED) is 0.629. The monoisotopic (exact) mass is 448 g/mol. The Bertz CT molecular complexity index is 1190. The molecule has 1 aromatic carbocycles. The molecule has 9 nitrogen and oxygen atoms in total. The van der Waals surface area contributed by atoms with Crippen molar-refractivity contribution in [2.45, 2.75) is 19.3 Å². The lowest BCUT2D eigenvalue weighted by molar-refractivity contribution is -0.137. The van der Waals surface area contributed by atoms with Gasteiger partial charge in [0.25, 0.3) is 5.56 Å². The van der Waals surface area contributed by atoms with Crippen molar-refractivity contribution in [3.8, 4) is 0 Å². The molecule has 12 heteroatoms. The molecule has 2 aromatic heterocycles. The number of carbonyl (C=O) groups is 1. The summed E-state index contributed by atoms with van der Waals surface area (Å²) in [4.78, 5) is 39.6. The molecule has 0 atom stereocenters. The predicted molar refractivity (Wildman–Crippen MR) is 108 cm³/mol. The standard InChI is InChI=1S/C20H19F3N6O3/c21-20(22,23)14-3-1-2-13(8-14)9-24-16(30)11-29-12-26-17-15(18(29)31)10-25-19(27-17)28-4-6-32-7-5-28/h1-3,8,10,12H,4-7,9,11H2,(H,24,30). The van der Waals surface area contributed by atoms with Crippen LogP contribution in [0.5, 0.6) is 0 Å². The van der Waals surface area contributed by atoms with Gasteiger partial charge in [0.05, 0.1) is 18.8 Å². The Balaban J connectivity index is 1.44. The first-order valence-corrected chi connectivity index (χ1v) is 9.79. The molecule has 3 heterocycles. The van der Waals surface area contributed by atoms with E-state index in [0.717, 1.165) is 16.7 Å². The SMILES string of the molecule is O=C(Cn1cnc2nc(N3CCOCC3)ncc2c1=O)NCc1cccc(C(F)(F)F)c1. The van der Waals surface area contributed by atoms with Crippen molar-refractivity contribution in [1.29, 1.82) is 0 Å². The zero-order valence-corrected chi connectivity index (χ0v) is 16.8. The van der Waals surface area contributed by atoms with Crippen LogP contribution in [-0.4, -0.2) is 51.7 Å². The maximum absolute atomic E-state index is 12.8. The van der Waals surface area contributed by atoms with Crippen LogP contribution in [0.1, 0.15) is 11.1 Å². The summed E-state index contributed by atoms with van der Waals surface area (Å²) in [6.45, 7) is 1.94. The highest BCUT2D eigenvalue weighted by atomic mass is 19.4. The molecular formula is C20H19F3N6O3. The largest absolute Gasteiger partial charge is 0.416 e. The van der Waals surface area contributed by atoms with E-state index in [0.29, 0.717) is 37.8 Å². The van der Waals surface area contributed by atoms with E-state index >= 15 is 0 Å². The van der Waals surface area contributed by atoms with Crippen molar-refractivity contribution < 1.29 is 22.7 Å². The van der Waals surface area contributed by atoms with Gasteiger partial charge in [-0.25, -0.2) is 9.97 Å². The zero-order chi connectivity index (χ0) is 22.7. The number of carbonyl (C=O) groups excluding carboxylic acids is 1. The fourth-order valence-corrected chi connectivity index (χ4v) is 3.24. The van der Waals surface area contributed by atoms with Gasteiger partial charge in [0.15, 0.2) is 5.65 Å². The topological polar surface area (TPSA) is 102 Å². The number of rotatable bonds is 5. The Morgan fingerprint density at radius 1 is 1.19 bits per heavy atom. The summed E-state index contributed by atoms with van der Waals surface area (Å²) >= 11 is 0. The van der Waals surface area contributed by atoms with E-state index in [1.807, 2.05) is 4.90 Å². The van der Waals surface area contributed by atoms with Gasteiger partial charge in [-0.05, 0) is 17.7 Å². The van der Waals surface area contributed by atoms with Crippen LogP contribution >= 0.6 is 0 Å². The summed E-state index contributed by atoms with van der Waals surface area (Å²) < 4.78 is 44.8. The molecular weight excluding hydrogens is 429 g/mol. The molecule has 0 spiro atoms. The maximum Gasteiger partial charge on any atom is 0.416 e. The first kappa shape index (κ1) is 21.7. The number of anilines is 1. The van der Waals surface area contributed by atoms with Gasteiger partial charge < -0.3 is 15.0 Å². The second-order valence-corrected chi connectivity index (χ2v) is 7.16. The first-order chi connectivity index (χ1) is 15.3. The normalized spacial score (nSPS) is 14.5. The van der Waals surface area contributed by atoms with E-state index in [4.69, 9.17) is 4.74 Å². The molecule has 0 saturated carbocycles. The molecule has 1 amide bonds. The van der Waals surface area contributed by atoms with Crippen LogP contribution < -0.4 is 15.8 Å². The molecule has 0 aliphatic carbocycles. The van der Waals surface area contributed by atoms with Gasteiger partial charge >= 0.3 is 6.18 Å². The minimum atomic E-state index is -4.46.